The van der Waals surface area contributed by atoms with Gasteiger partial charge in [0.1, 0.15) is 0 Å². The lowest BCUT2D eigenvalue weighted by Crippen LogP contribution is -2.24. The first kappa shape index (κ1) is 9.96. The molecule has 0 aliphatic carbocycles. The van der Waals surface area contributed by atoms with Gasteiger partial charge in [-0.15, -0.1) is 0 Å². The summed E-state index contributed by atoms with van der Waals surface area (Å²) < 4.78 is 0. The van der Waals surface area contributed by atoms with Crippen LogP contribution in [0, 0.1) is 0 Å². The van der Waals surface area contributed by atoms with E-state index >= 15 is 0 Å². The fraction of sp³-hybridized carbons (Fsp3) is 0.600. The molecule has 0 saturated carbocycles. The third-order valence-electron chi connectivity index (χ3n) is 1.96. The van der Waals surface area contributed by atoms with E-state index in [4.69, 9.17) is 0 Å². The molecule has 1 aliphatic heterocycles. The Balaban J connectivity index is 2.04. The molecule has 0 spiro atoms. The van der Waals surface area contributed by atoms with Crippen LogP contribution in [0.1, 0.15) is 32.6 Å². The van der Waals surface area contributed by atoms with E-state index in [9.17, 15) is 4.79 Å². The van der Waals surface area contributed by atoms with Crippen molar-refractivity contribution in [3.05, 3.63) is 11.8 Å². The molecule has 0 saturated heterocycles. The van der Waals surface area contributed by atoms with E-state index in [1.807, 2.05) is 19.3 Å². The highest BCUT2D eigenvalue weighted by Gasteiger charge is 2.02. The molecule has 0 aromatic heterocycles. The molecule has 0 bridgehead atoms. The van der Waals surface area contributed by atoms with Crippen LogP contribution in [0.5, 0.6) is 0 Å². The maximum Gasteiger partial charge on any atom is 0.219 e. The predicted octanol–water partition coefficient (Wildman–Crippen LogP) is 1.65. The molecule has 0 atom stereocenters. The minimum atomic E-state index is 0.155. The van der Waals surface area contributed by atoms with Crippen LogP contribution in [0.2, 0.25) is 0 Å². The third-order valence-corrected chi connectivity index (χ3v) is 1.96. The van der Waals surface area contributed by atoms with Crippen molar-refractivity contribution in [3.8, 4) is 0 Å². The van der Waals surface area contributed by atoms with Crippen molar-refractivity contribution in [2.45, 2.75) is 32.6 Å². The summed E-state index contributed by atoms with van der Waals surface area (Å²) in [5.74, 6) is 0.155. The third kappa shape index (κ3) is 3.87. The van der Waals surface area contributed by atoms with Gasteiger partial charge in [-0.25, -0.2) is 0 Å². The number of carbonyl (C=O) groups is 1. The molecule has 1 rings (SSSR count). The van der Waals surface area contributed by atoms with E-state index < -0.39 is 0 Å². The minimum Gasteiger partial charge on any atom is -0.356 e. The highest BCUT2D eigenvalue weighted by atomic mass is 16.1. The smallest absolute Gasteiger partial charge is 0.219 e. The van der Waals surface area contributed by atoms with Crippen molar-refractivity contribution < 1.29 is 4.79 Å². The van der Waals surface area contributed by atoms with Gasteiger partial charge in [-0.05, 0) is 18.4 Å². The molecule has 72 valence electrons. The number of nitrogens with zero attached hydrogens (tertiary/aromatic N) is 1. The van der Waals surface area contributed by atoms with Crippen LogP contribution < -0.4 is 5.32 Å². The van der Waals surface area contributed by atoms with Gasteiger partial charge in [0, 0.05) is 31.8 Å². The molecule has 1 N–H and O–H groups in total. The lowest BCUT2D eigenvalue weighted by atomic mass is 10.1. The van der Waals surface area contributed by atoms with E-state index in [1.165, 1.54) is 5.57 Å². The normalized spacial score (nSPS) is 14.4. The Hall–Kier alpha value is -1.12. The zero-order chi connectivity index (χ0) is 9.52. The molecule has 3 heteroatoms. The lowest BCUT2D eigenvalue weighted by Gasteiger charge is -2.03. The maximum atomic E-state index is 11.1. The summed E-state index contributed by atoms with van der Waals surface area (Å²) in [4.78, 5) is 15.1. The molecular weight excluding hydrogens is 164 g/mol. The first-order valence-corrected chi connectivity index (χ1v) is 4.79. The predicted molar refractivity (Wildman–Crippen MR) is 53.7 cm³/mol. The van der Waals surface area contributed by atoms with Gasteiger partial charge in [-0.1, -0.05) is 6.92 Å². The molecule has 3 nitrogen and oxygen atoms in total. The molecule has 0 fully saturated rings. The Bertz CT molecular complexity index is 231. The molecular formula is C10H16N2O. The summed E-state index contributed by atoms with van der Waals surface area (Å²) in [6.07, 6.45) is 7.20. The fourth-order valence-corrected chi connectivity index (χ4v) is 1.23. The number of aliphatic imine (C=N–C) groups is 1. The summed E-state index contributed by atoms with van der Waals surface area (Å²) in [6, 6.07) is 0. The highest BCUT2D eigenvalue weighted by molar-refractivity contribution is 5.75. The lowest BCUT2D eigenvalue weighted by molar-refractivity contribution is -0.121. The van der Waals surface area contributed by atoms with Crippen LogP contribution in [-0.4, -0.2) is 18.7 Å². The van der Waals surface area contributed by atoms with Crippen molar-refractivity contribution in [2.75, 3.05) is 6.54 Å². The van der Waals surface area contributed by atoms with E-state index in [0.29, 0.717) is 6.42 Å². The monoisotopic (exact) mass is 180 g/mol. The summed E-state index contributed by atoms with van der Waals surface area (Å²) >= 11 is 0. The average molecular weight is 180 g/mol. The van der Waals surface area contributed by atoms with Crippen LogP contribution in [0.4, 0.5) is 0 Å². The second-order valence-electron chi connectivity index (χ2n) is 3.17. The average Bonchev–Trinajstić information content (AvgIpc) is 2.57. The van der Waals surface area contributed by atoms with Gasteiger partial charge < -0.3 is 5.32 Å². The van der Waals surface area contributed by atoms with Gasteiger partial charge in [0.15, 0.2) is 0 Å². The zero-order valence-electron chi connectivity index (χ0n) is 8.05. The molecule has 1 amide bonds. The zero-order valence-corrected chi connectivity index (χ0v) is 8.05. The quantitative estimate of drug-likeness (QED) is 0.686. The van der Waals surface area contributed by atoms with Crippen molar-refractivity contribution in [1.29, 1.82) is 0 Å². The summed E-state index contributed by atoms with van der Waals surface area (Å²) in [5.41, 5.74) is 1.30. The van der Waals surface area contributed by atoms with E-state index in [2.05, 4.69) is 10.3 Å². The molecule has 1 aliphatic rings. The number of hydrogen-bond acceptors (Lipinski definition) is 2. The molecule has 13 heavy (non-hydrogen) atoms. The van der Waals surface area contributed by atoms with Crippen molar-refractivity contribution in [2.24, 2.45) is 4.99 Å². The van der Waals surface area contributed by atoms with E-state index in [1.54, 1.807) is 0 Å². The Kier molecular flexibility index (Phi) is 4.23. The van der Waals surface area contributed by atoms with Gasteiger partial charge in [-0.3, -0.25) is 9.79 Å². The summed E-state index contributed by atoms with van der Waals surface area (Å²) in [6.45, 7) is 2.75. The van der Waals surface area contributed by atoms with Gasteiger partial charge in [0.05, 0.1) is 0 Å². The molecule has 0 aromatic rings. The van der Waals surface area contributed by atoms with Crippen molar-refractivity contribution >= 4 is 12.1 Å². The van der Waals surface area contributed by atoms with Gasteiger partial charge >= 0.3 is 0 Å². The molecule has 0 aromatic carbocycles. The minimum absolute atomic E-state index is 0.155. The molecule has 1 heterocycles. The topological polar surface area (TPSA) is 41.5 Å². The number of carbonyl (C=O) groups excluding carboxylic acids is 1. The van der Waals surface area contributed by atoms with Crippen LogP contribution in [0.3, 0.4) is 0 Å². The maximum absolute atomic E-state index is 11.1. The number of rotatable bonds is 5. The SMILES string of the molecule is CCCC(=O)NCCC1=CN=CC1. The van der Waals surface area contributed by atoms with Crippen molar-refractivity contribution in [3.63, 3.8) is 0 Å². The van der Waals surface area contributed by atoms with E-state index in [-0.39, 0.29) is 5.91 Å². The van der Waals surface area contributed by atoms with Crippen LogP contribution >= 0.6 is 0 Å². The Morgan fingerprint density at radius 2 is 2.54 bits per heavy atom. The van der Waals surface area contributed by atoms with Gasteiger partial charge in [-0.2, -0.15) is 0 Å². The van der Waals surface area contributed by atoms with Crippen LogP contribution in [0.15, 0.2) is 16.8 Å². The second-order valence-corrected chi connectivity index (χ2v) is 3.17. The first-order valence-electron chi connectivity index (χ1n) is 4.79. The number of amides is 1. The second kappa shape index (κ2) is 5.51. The Labute approximate surface area is 78.9 Å². The van der Waals surface area contributed by atoms with Crippen LogP contribution in [0.25, 0.3) is 0 Å². The fourth-order valence-electron chi connectivity index (χ4n) is 1.23. The van der Waals surface area contributed by atoms with Crippen molar-refractivity contribution in [1.82, 2.24) is 5.32 Å². The Morgan fingerprint density at radius 3 is 3.15 bits per heavy atom. The van der Waals surface area contributed by atoms with Gasteiger partial charge in [0.2, 0.25) is 5.91 Å². The summed E-state index contributed by atoms with van der Waals surface area (Å²) in [5, 5.41) is 2.88. The first-order chi connectivity index (χ1) is 6.33. The number of hydrogen-bond donors (Lipinski definition) is 1. The largest absolute Gasteiger partial charge is 0.356 e. The van der Waals surface area contributed by atoms with Gasteiger partial charge in [0.25, 0.3) is 0 Å². The standard InChI is InChI=1S/C10H16N2O/c1-2-3-10(13)12-7-5-9-4-6-11-8-9/h6,8H,2-5,7H2,1H3,(H,12,13). The Morgan fingerprint density at radius 1 is 1.69 bits per heavy atom. The highest BCUT2D eigenvalue weighted by Crippen LogP contribution is 2.09. The van der Waals surface area contributed by atoms with E-state index in [0.717, 1.165) is 25.8 Å². The number of nitrogens with one attached hydrogen (secondary N) is 1. The molecule has 0 radical (unpaired) electrons. The summed E-state index contributed by atoms with van der Waals surface area (Å²) in [7, 11) is 0. The van der Waals surface area contributed by atoms with Crippen LogP contribution in [-0.2, 0) is 4.79 Å². The molecule has 0 unspecified atom stereocenters.